The summed E-state index contributed by atoms with van der Waals surface area (Å²) in [6, 6.07) is 6.02. The van der Waals surface area contributed by atoms with Gasteiger partial charge in [0, 0.05) is 18.8 Å². The number of nitrogens with zero attached hydrogens (tertiary/aromatic N) is 2. The van der Waals surface area contributed by atoms with Gasteiger partial charge in [-0.05, 0) is 32.5 Å². The van der Waals surface area contributed by atoms with Crippen LogP contribution in [0.1, 0.15) is 24.7 Å². The molecule has 0 aliphatic carbocycles. The van der Waals surface area contributed by atoms with Crippen LogP contribution in [0.25, 0.3) is 0 Å². The molecule has 0 saturated carbocycles. The van der Waals surface area contributed by atoms with Gasteiger partial charge in [-0.25, -0.2) is 0 Å². The van der Waals surface area contributed by atoms with Gasteiger partial charge in [0.2, 0.25) is 0 Å². The third-order valence-electron chi connectivity index (χ3n) is 2.37. The highest BCUT2D eigenvalue weighted by atomic mass is 16.3. The van der Waals surface area contributed by atoms with Gasteiger partial charge in [-0.15, -0.1) is 0 Å². The molecule has 1 heterocycles. The zero-order valence-electron chi connectivity index (χ0n) is 9.77. The molecular formula is C12H20N2O. The molecule has 3 heteroatoms. The molecule has 0 aromatic carbocycles. The number of rotatable bonds is 5. The summed E-state index contributed by atoms with van der Waals surface area (Å²) in [6.45, 7) is 5.47. The van der Waals surface area contributed by atoms with Gasteiger partial charge in [0.05, 0.1) is 11.8 Å². The summed E-state index contributed by atoms with van der Waals surface area (Å²) in [7, 11) is 2.00. The Bertz CT molecular complexity index is 301. The van der Waals surface area contributed by atoms with Crippen molar-refractivity contribution >= 4 is 0 Å². The fourth-order valence-electron chi connectivity index (χ4n) is 1.52. The molecule has 0 unspecified atom stereocenters. The molecule has 0 saturated heterocycles. The molecule has 0 spiro atoms. The Labute approximate surface area is 91.8 Å². The van der Waals surface area contributed by atoms with E-state index in [4.69, 9.17) is 0 Å². The first-order chi connectivity index (χ1) is 7.11. The van der Waals surface area contributed by atoms with Crippen LogP contribution in [0.4, 0.5) is 0 Å². The van der Waals surface area contributed by atoms with Crippen molar-refractivity contribution in [1.82, 2.24) is 9.88 Å². The average Bonchev–Trinajstić information content (AvgIpc) is 2.17. The number of likely N-dealkylation sites (N-methyl/N-ethyl adjacent to an activating group) is 1. The standard InChI is InChI=1S/C12H20N2O/c1-4-12(15)9-14(3)8-11-7-5-6-10(2)13-11/h5-7,12,15H,4,8-9H2,1-3H3/t12-/m0/s1. The highest BCUT2D eigenvalue weighted by molar-refractivity contribution is 5.09. The van der Waals surface area contributed by atoms with Crippen LogP contribution in [0.3, 0.4) is 0 Å². The van der Waals surface area contributed by atoms with E-state index in [-0.39, 0.29) is 6.10 Å². The van der Waals surface area contributed by atoms with Crippen LogP contribution in [-0.2, 0) is 6.54 Å². The lowest BCUT2D eigenvalue weighted by atomic mass is 10.2. The van der Waals surface area contributed by atoms with Crippen molar-refractivity contribution in [2.75, 3.05) is 13.6 Å². The van der Waals surface area contributed by atoms with Crippen molar-refractivity contribution in [2.45, 2.75) is 32.9 Å². The summed E-state index contributed by atoms with van der Waals surface area (Å²) in [4.78, 5) is 6.52. The van der Waals surface area contributed by atoms with Gasteiger partial charge in [0.1, 0.15) is 0 Å². The minimum atomic E-state index is -0.236. The van der Waals surface area contributed by atoms with E-state index in [0.717, 1.165) is 24.4 Å². The first-order valence-corrected chi connectivity index (χ1v) is 5.41. The maximum Gasteiger partial charge on any atom is 0.0664 e. The van der Waals surface area contributed by atoms with Crippen LogP contribution >= 0.6 is 0 Å². The van der Waals surface area contributed by atoms with Gasteiger partial charge in [-0.1, -0.05) is 13.0 Å². The molecule has 84 valence electrons. The quantitative estimate of drug-likeness (QED) is 0.798. The number of aliphatic hydroxyl groups excluding tert-OH is 1. The summed E-state index contributed by atoms with van der Waals surface area (Å²) in [5.74, 6) is 0. The topological polar surface area (TPSA) is 36.4 Å². The fraction of sp³-hybridized carbons (Fsp3) is 0.583. The van der Waals surface area contributed by atoms with Gasteiger partial charge in [0.25, 0.3) is 0 Å². The lowest BCUT2D eigenvalue weighted by Gasteiger charge is -2.19. The maximum atomic E-state index is 9.50. The number of aryl methyl sites for hydroxylation is 1. The van der Waals surface area contributed by atoms with Gasteiger partial charge in [-0.3, -0.25) is 9.88 Å². The minimum absolute atomic E-state index is 0.236. The first kappa shape index (κ1) is 12.1. The number of hydrogen-bond acceptors (Lipinski definition) is 3. The lowest BCUT2D eigenvalue weighted by molar-refractivity contribution is 0.119. The van der Waals surface area contributed by atoms with Crippen LogP contribution < -0.4 is 0 Å². The molecule has 1 aromatic rings. The first-order valence-electron chi connectivity index (χ1n) is 5.41. The van der Waals surface area contributed by atoms with E-state index in [2.05, 4.69) is 9.88 Å². The summed E-state index contributed by atoms with van der Waals surface area (Å²) in [5.41, 5.74) is 2.10. The Morgan fingerprint density at radius 3 is 2.80 bits per heavy atom. The van der Waals surface area contributed by atoms with Crippen molar-refractivity contribution in [1.29, 1.82) is 0 Å². The summed E-state index contributed by atoms with van der Waals surface area (Å²) in [5, 5.41) is 9.50. The van der Waals surface area contributed by atoms with E-state index in [1.165, 1.54) is 0 Å². The SMILES string of the molecule is CC[C@H](O)CN(C)Cc1cccc(C)n1. The Morgan fingerprint density at radius 1 is 1.47 bits per heavy atom. The molecule has 0 fully saturated rings. The zero-order valence-corrected chi connectivity index (χ0v) is 9.77. The summed E-state index contributed by atoms with van der Waals surface area (Å²) < 4.78 is 0. The second-order valence-electron chi connectivity index (χ2n) is 4.03. The second kappa shape index (κ2) is 5.83. The summed E-state index contributed by atoms with van der Waals surface area (Å²) >= 11 is 0. The third-order valence-corrected chi connectivity index (χ3v) is 2.37. The van der Waals surface area contributed by atoms with Gasteiger partial charge < -0.3 is 5.11 Å². The molecule has 0 amide bonds. The molecule has 0 radical (unpaired) electrons. The third kappa shape index (κ3) is 4.40. The largest absolute Gasteiger partial charge is 0.392 e. The summed E-state index contributed by atoms with van der Waals surface area (Å²) in [6.07, 6.45) is 0.561. The number of pyridine rings is 1. The molecule has 1 aromatic heterocycles. The lowest BCUT2D eigenvalue weighted by Crippen LogP contribution is -2.28. The van der Waals surface area contributed by atoms with Crippen LogP contribution in [-0.4, -0.2) is 34.7 Å². The van der Waals surface area contributed by atoms with Gasteiger partial charge in [0.15, 0.2) is 0 Å². The smallest absolute Gasteiger partial charge is 0.0664 e. The molecule has 1 N–H and O–H groups in total. The minimum Gasteiger partial charge on any atom is -0.392 e. The van der Waals surface area contributed by atoms with E-state index in [1.807, 2.05) is 39.1 Å². The molecule has 15 heavy (non-hydrogen) atoms. The number of aliphatic hydroxyl groups is 1. The predicted molar refractivity (Wildman–Crippen MR) is 61.6 cm³/mol. The van der Waals surface area contributed by atoms with E-state index in [0.29, 0.717) is 6.54 Å². The van der Waals surface area contributed by atoms with Crippen LogP contribution in [0.15, 0.2) is 18.2 Å². The van der Waals surface area contributed by atoms with E-state index >= 15 is 0 Å². The fourth-order valence-corrected chi connectivity index (χ4v) is 1.52. The highest BCUT2D eigenvalue weighted by Gasteiger charge is 2.06. The number of aromatic nitrogens is 1. The zero-order chi connectivity index (χ0) is 11.3. The Balaban J connectivity index is 2.47. The Morgan fingerprint density at radius 2 is 2.20 bits per heavy atom. The van der Waals surface area contributed by atoms with Crippen molar-refractivity contribution in [2.24, 2.45) is 0 Å². The molecule has 3 nitrogen and oxygen atoms in total. The highest BCUT2D eigenvalue weighted by Crippen LogP contribution is 2.03. The van der Waals surface area contributed by atoms with Crippen molar-refractivity contribution < 1.29 is 5.11 Å². The maximum absolute atomic E-state index is 9.50. The molecule has 0 bridgehead atoms. The predicted octanol–water partition coefficient (Wildman–Crippen LogP) is 1.59. The van der Waals surface area contributed by atoms with E-state index in [1.54, 1.807) is 0 Å². The monoisotopic (exact) mass is 208 g/mol. The normalized spacial score (nSPS) is 13.1. The van der Waals surface area contributed by atoms with Gasteiger partial charge >= 0.3 is 0 Å². The second-order valence-corrected chi connectivity index (χ2v) is 4.03. The van der Waals surface area contributed by atoms with Crippen LogP contribution in [0.5, 0.6) is 0 Å². The molecule has 0 aliphatic rings. The van der Waals surface area contributed by atoms with Crippen LogP contribution in [0, 0.1) is 6.92 Å². The Kier molecular flexibility index (Phi) is 4.72. The van der Waals surface area contributed by atoms with Gasteiger partial charge in [-0.2, -0.15) is 0 Å². The molecular weight excluding hydrogens is 188 g/mol. The Hall–Kier alpha value is -0.930. The molecule has 1 atom stereocenters. The van der Waals surface area contributed by atoms with Crippen LogP contribution in [0.2, 0.25) is 0 Å². The van der Waals surface area contributed by atoms with E-state index < -0.39 is 0 Å². The van der Waals surface area contributed by atoms with Crippen molar-refractivity contribution in [3.63, 3.8) is 0 Å². The molecule has 1 rings (SSSR count). The average molecular weight is 208 g/mol. The van der Waals surface area contributed by atoms with E-state index in [9.17, 15) is 5.11 Å². The van der Waals surface area contributed by atoms with Crippen molar-refractivity contribution in [3.05, 3.63) is 29.6 Å². The molecule has 0 aliphatic heterocycles. The van der Waals surface area contributed by atoms with Crippen molar-refractivity contribution in [3.8, 4) is 0 Å². The number of hydrogen-bond donors (Lipinski definition) is 1.